The van der Waals surface area contributed by atoms with Crippen LogP contribution in [0.3, 0.4) is 0 Å². The van der Waals surface area contributed by atoms with Crippen LogP contribution >= 0.6 is 11.8 Å². The standard InChI is InChI=1S/C14H16N2O2S/c1-3-17-13-12(10-15-14(16-13)18-4-2)19-11-8-6-5-7-9-11/h5-10H,3-4H2,1-2H3. The van der Waals surface area contributed by atoms with E-state index in [1.807, 2.05) is 44.2 Å². The Kier molecular flexibility index (Phi) is 5.03. The Morgan fingerprint density at radius 1 is 1.05 bits per heavy atom. The van der Waals surface area contributed by atoms with Gasteiger partial charge in [0.1, 0.15) is 0 Å². The SMILES string of the molecule is CCOc1ncc(Sc2ccccc2)c(OCC)n1. The van der Waals surface area contributed by atoms with Crippen molar-refractivity contribution in [2.45, 2.75) is 23.6 Å². The van der Waals surface area contributed by atoms with Crippen molar-refractivity contribution < 1.29 is 9.47 Å². The van der Waals surface area contributed by atoms with Gasteiger partial charge in [-0.2, -0.15) is 4.98 Å². The predicted octanol–water partition coefficient (Wildman–Crippen LogP) is 3.43. The summed E-state index contributed by atoms with van der Waals surface area (Å²) in [4.78, 5) is 10.5. The van der Waals surface area contributed by atoms with Gasteiger partial charge in [-0.05, 0) is 26.0 Å². The van der Waals surface area contributed by atoms with E-state index in [9.17, 15) is 0 Å². The lowest BCUT2D eigenvalue weighted by molar-refractivity contribution is 0.283. The zero-order valence-corrected chi connectivity index (χ0v) is 11.8. The van der Waals surface area contributed by atoms with Crippen LogP contribution in [0.1, 0.15) is 13.8 Å². The summed E-state index contributed by atoms with van der Waals surface area (Å²) in [6.45, 7) is 4.93. The second kappa shape index (κ2) is 6.99. The molecule has 1 aromatic carbocycles. The van der Waals surface area contributed by atoms with Crippen molar-refractivity contribution in [2.24, 2.45) is 0 Å². The topological polar surface area (TPSA) is 44.2 Å². The molecular weight excluding hydrogens is 260 g/mol. The van der Waals surface area contributed by atoms with E-state index in [0.29, 0.717) is 25.1 Å². The van der Waals surface area contributed by atoms with Gasteiger partial charge < -0.3 is 9.47 Å². The van der Waals surface area contributed by atoms with E-state index in [1.54, 1.807) is 18.0 Å². The second-order valence-electron chi connectivity index (χ2n) is 3.60. The molecule has 0 spiro atoms. The first-order chi connectivity index (χ1) is 9.33. The first-order valence-corrected chi connectivity index (χ1v) is 7.00. The van der Waals surface area contributed by atoms with Crippen LogP contribution in [-0.4, -0.2) is 23.2 Å². The number of rotatable bonds is 6. The summed E-state index contributed by atoms with van der Waals surface area (Å²) in [5, 5.41) is 0. The Balaban J connectivity index is 2.23. The average Bonchev–Trinajstić information content (AvgIpc) is 2.43. The third kappa shape index (κ3) is 3.86. The van der Waals surface area contributed by atoms with Gasteiger partial charge >= 0.3 is 6.01 Å². The molecule has 0 aliphatic carbocycles. The van der Waals surface area contributed by atoms with Crippen molar-refractivity contribution in [1.82, 2.24) is 9.97 Å². The maximum atomic E-state index is 5.54. The van der Waals surface area contributed by atoms with Crippen LogP contribution in [0.25, 0.3) is 0 Å². The highest BCUT2D eigenvalue weighted by Crippen LogP contribution is 2.33. The van der Waals surface area contributed by atoms with Gasteiger partial charge in [0.25, 0.3) is 0 Å². The summed E-state index contributed by atoms with van der Waals surface area (Å²) in [6, 6.07) is 10.4. The summed E-state index contributed by atoms with van der Waals surface area (Å²) in [7, 11) is 0. The van der Waals surface area contributed by atoms with Gasteiger partial charge in [-0.15, -0.1) is 0 Å². The summed E-state index contributed by atoms with van der Waals surface area (Å²) >= 11 is 1.58. The van der Waals surface area contributed by atoms with Crippen LogP contribution in [0.5, 0.6) is 11.9 Å². The number of nitrogens with zero attached hydrogens (tertiary/aromatic N) is 2. The van der Waals surface area contributed by atoms with E-state index in [0.717, 1.165) is 9.79 Å². The molecule has 2 rings (SSSR count). The van der Waals surface area contributed by atoms with E-state index in [-0.39, 0.29) is 0 Å². The molecule has 100 valence electrons. The van der Waals surface area contributed by atoms with Crippen molar-refractivity contribution in [2.75, 3.05) is 13.2 Å². The fourth-order valence-corrected chi connectivity index (χ4v) is 2.31. The summed E-state index contributed by atoms with van der Waals surface area (Å²) < 4.78 is 10.8. The maximum Gasteiger partial charge on any atom is 0.319 e. The Hall–Kier alpha value is -1.75. The van der Waals surface area contributed by atoms with E-state index in [4.69, 9.17) is 9.47 Å². The fourth-order valence-electron chi connectivity index (χ4n) is 1.46. The van der Waals surface area contributed by atoms with Gasteiger partial charge in [-0.1, -0.05) is 30.0 Å². The minimum Gasteiger partial charge on any atom is -0.477 e. The Bertz CT molecular complexity index is 520. The van der Waals surface area contributed by atoms with E-state index in [1.165, 1.54) is 0 Å². The van der Waals surface area contributed by atoms with Gasteiger partial charge in [0.15, 0.2) is 0 Å². The molecule has 0 aliphatic rings. The highest BCUT2D eigenvalue weighted by Gasteiger charge is 2.10. The highest BCUT2D eigenvalue weighted by atomic mass is 32.2. The van der Waals surface area contributed by atoms with Crippen LogP contribution in [0, 0.1) is 0 Å². The molecule has 2 aromatic rings. The fraction of sp³-hybridized carbons (Fsp3) is 0.286. The molecule has 0 unspecified atom stereocenters. The normalized spacial score (nSPS) is 10.2. The molecule has 19 heavy (non-hydrogen) atoms. The zero-order valence-electron chi connectivity index (χ0n) is 11.0. The summed E-state index contributed by atoms with van der Waals surface area (Å²) in [5.74, 6) is 0.565. The molecule has 0 saturated heterocycles. The van der Waals surface area contributed by atoms with Crippen LogP contribution in [0.2, 0.25) is 0 Å². The molecule has 4 nitrogen and oxygen atoms in total. The average molecular weight is 276 g/mol. The first kappa shape index (κ1) is 13.7. The van der Waals surface area contributed by atoms with Gasteiger partial charge in [-0.25, -0.2) is 4.98 Å². The second-order valence-corrected chi connectivity index (χ2v) is 4.72. The number of ether oxygens (including phenoxy) is 2. The molecule has 5 heteroatoms. The summed E-state index contributed by atoms with van der Waals surface area (Å²) in [6.07, 6.45) is 1.74. The molecule has 0 amide bonds. The molecule has 1 aromatic heterocycles. The number of hydrogen-bond donors (Lipinski definition) is 0. The van der Waals surface area contributed by atoms with E-state index >= 15 is 0 Å². The predicted molar refractivity (Wildman–Crippen MR) is 74.9 cm³/mol. The lowest BCUT2D eigenvalue weighted by Crippen LogP contribution is -2.02. The molecule has 0 N–H and O–H groups in total. The molecule has 0 radical (unpaired) electrons. The minimum atomic E-state index is 0.350. The number of benzene rings is 1. The largest absolute Gasteiger partial charge is 0.477 e. The van der Waals surface area contributed by atoms with Gasteiger partial charge in [0, 0.05) is 4.90 Å². The zero-order chi connectivity index (χ0) is 13.5. The molecule has 0 saturated carbocycles. The van der Waals surface area contributed by atoms with Crippen LogP contribution < -0.4 is 9.47 Å². The monoisotopic (exact) mass is 276 g/mol. The van der Waals surface area contributed by atoms with Crippen molar-refractivity contribution >= 4 is 11.8 Å². The van der Waals surface area contributed by atoms with E-state index < -0.39 is 0 Å². The highest BCUT2D eigenvalue weighted by molar-refractivity contribution is 7.99. The Labute approximate surface area is 117 Å². The lowest BCUT2D eigenvalue weighted by Gasteiger charge is -2.09. The quantitative estimate of drug-likeness (QED) is 0.808. The van der Waals surface area contributed by atoms with Crippen LogP contribution in [0.4, 0.5) is 0 Å². The van der Waals surface area contributed by atoms with E-state index in [2.05, 4.69) is 9.97 Å². The van der Waals surface area contributed by atoms with Crippen LogP contribution in [-0.2, 0) is 0 Å². The van der Waals surface area contributed by atoms with Crippen molar-refractivity contribution in [3.05, 3.63) is 36.5 Å². The first-order valence-electron chi connectivity index (χ1n) is 6.19. The van der Waals surface area contributed by atoms with Gasteiger partial charge in [-0.3, -0.25) is 0 Å². The Morgan fingerprint density at radius 3 is 2.47 bits per heavy atom. The number of hydrogen-bond acceptors (Lipinski definition) is 5. The molecule has 0 aliphatic heterocycles. The molecule has 1 heterocycles. The van der Waals surface area contributed by atoms with Gasteiger partial charge in [0.05, 0.1) is 24.3 Å². The van der Waals surface area contributed by atoms with Crippen molar-refractivity contribution in [1.29, 1.82) is 0 Å². The lowest BCUT2D eigenvalue weighted by atomic mass is 10.4. The molecular formula is C14H16N2O2S. The Morgan fingerprint density at radius 2 is 1.79 bits per heavy atom. The molecule has 0 bridgehead atoms. The molecule has 0 atom stereocenters. The smallest absolute Gasteiger partial charge is 0.319 e. The van der Waals surface area contributed by atoms with Crippen molar-refractivity contribution in [3.63, 3.8) is 0 Å². The van der Waals surface area contributed by atoms with Crippen molar-refractivity contribution in [3.8, 4) is 11.9 Å². The van der Waals surface area contributed by atoms with Crippen LogP contribution in [0.15, 0.2) is 46.3 Å². The van der Waals surface area contributed by atoms with Gasteiger partial charge in [0.2, 0.25) is 5.88 Å². The maximum absolute atomic E-state index is 5.54. The minimum absolute atomic E-state index is 0.350. The number of aromatic nitrogens is 2. The summed E-state index contributed by atoms with van der Waals surface area (Å²) in [5.41, 5.74) is 0. The molecule has 0 fully saturated rings. The third-order valence-corrected chi connectivity index (χ3v) is 3.23. The third-order valence-electron chi connectivity index (χ3n) is 2.23.